The van der Waals surface area contributed by atoms with E-state index in [0.717, 1.165) is 31.6 Å². The Hall–Kier alpha value is -1.22. The lowest BCUT2D eigenvalue weighted by Crippen LogP contribution is -2.32. The zero-order valence-electron chi connectivity index (χ0n) is 11.3. The molecule has 0 aromatic heterocycles. The standard InChI is InChI=1S/C15H22N2O/c1-15(2)8-6-11(18-15)10-17-9-7-12-13(16)4-3-5-14(12)17/h3-5,11H,6-10,16H2,1-2H3. The van der Waals surface area contributed by atoms with Crippen molar-refractivity contribution in [2.75, 3.05) is 23.7 Å². The molecule has 2 heterocycles. The van der Waals surface area contributed by atoms with Crippen LogP contribution in [0.1, 0.15) is 32.3 Å². The van der Waals surface area contributed by atoms with Crippen molar-refractivity contribution in [1.82, 2.24) is 0 Å². The Kier molecular flexibility index (Phi) is 2.74. The zero-order chi connectivity index (χ0) is 12.8. The van der Waals surface area contributed by atoms with Gasteiger partial charge in [-0.1, -0.05) is 6.07 Å². The maximum Gasteiger partial charge on any atom is 0.0758 e. The average molecular weight is 246 g/mol. The van der Waals surface area contributed by atoms with E-state index in [1.807, 2.05) is 12.1 Å². The SMILES string of the molecule is CC1(C)CCC(CN2CCc3c(N)cccc32)O1. The van der Waals surface area contributed by atoms with E-state index >= 15 is 0 Å². The first kappa shape index (κ1) is 11.8. The van der Waals surface area contributed by atoms with Crippen molar-refractivity contribution in [2.24, 2.45) is 0 Å². The maximum absolute atomic E-state index is 6.08. The lowest BCUT2D eigenvalue weighted by Gasteiger charge is -2.25. The highest BCUT2D eigenvalue weighted by atomic mass is 16.5. The Morgan fingerprint density at radius 1 is 1.44 bits per heavy atom. The normalized spacial score (nSPS) is 25.4. The minimum atomic E-state index is 0.0585. The monoisotopic (exact) mass is 246 g/mol. The summed E-state index contributed by atoms with van der Waals surface area (Å²) in [4.78, 5) is 2.43. The van der Waals surface area contributed by atoms with Crippen LogP contribution >= 0.6 is 0 Å². The van der Waals surface area contributed by atoms with Gasteiger partial charge in [0, 0.05) is 30.0 Å². The van der Waals surface area contributed by atoms with Gasteiger partial charge in [-0.2, -0.15) is 0 Å². The van der Waals surface area contributed by atoms with E-state index in [1.54, 1.807) is 0 Å². The van der Waals surface area contributed by atoms with Crippen LogP contribution in [0.2, 0.25) is 0 Å². The fraction of sp³-hybridized carbons (Fsp3) is 0.600. The molecule has 2 aliphatic heterocycles. The predicted octanol–water partition coefficient (Wildman–Crippen LogP) is 2.59. The topological polar surface area (TPSA) is 38.5 Å². The summed E-state index contributed by atoms with van der Waals surface area (Å²) in [7, 11) is 0. The van der Waals surface area contributed by atoms with Gasteiger partial charge in [0.2, 0.25) is 0 Å². The molecule has 2 aliphatic rings. The summed E-state index contributed by atoms with van der Waals surface area (Å²) < 4.78 is 6.08. The molecule has 3 heteroatoms. The van der Waals surface area contributed by atoms with Crippen LogP contribution in [0, 0.1) is 0 Å². The van der Waals surface area contributed by atoms with Crippen LogP contribution in [0.4, 0.5) is 11.4 Å². The van der Waals surface area contributed by atoms with Gasteiger partial charge >= 0.3 is 0 Å². The second-order valence-electron chi connectivity index (χ2n) is 6.08. The highest BCUT2D eigenvalue weighted by Crippen LogP contribution is 2.35. The van der Waals surface area contributed by atoms with Gasteiger partial charge in [0.1, 0.15) is 0 Å². The van der Waals surface area contributed by atoms with Crippen LogP contribution in [0.5, 0.6) is 0 Å². The summed E-state index contributed by atoms with van der Waals surface area (Å²) >= 11 is 0. The van der Waals surface area contributed by atoms with Gasteiger partial charge in [0.05, 0.1) is 11.7 Å². The smallest absolute Gasteiger partial charge is 0.0758 e. The second kappa shape index (κ2) is 4.16. The van der Waals surface area contributed by atoms with Crippen LogP contribution in [0.3, 0.4) is 0 Å². The van der Waals surface area contributed by atoms with Gasteiger partial charge in [0.15, 0.2) is 0 Å². The van der Waals surface area contributed by atoms with E-state index in [-0.39, 0.29) is 5.60 Å². The molecule has 3 rings (SSSR count). The Labute approximate surface area is 109 Å². The minimum absolute atomic E-state index is 0.0585. The molecule has 0 amide bonds. The molecule has 1 saturated heterocycles. The summed E-state index contributed by atoms with van der Waals surface area (Å²) in [6.45, 7) is 6.44. The van der Waals surface area contributed by atoms with Crippen molar-refractivity contribution in [3.8, 4) is 0 Å². The highest BCUT2D eigenvalue weighted by Gasteiger charge is 2.33. The van der Waals surface area contributed by atoms with E-state index < -0.39 is 0 Å². The molecular weight excluding hydrogens is 224 g/mol. The molecule has 0 radical (unpaired) electrons. The molecule has 0 bridgehead atoms. The van der Waals surface area contributed by atoms with Gasteiger partial charge < -0.3 is 15.4 Å². The number of rotatable bonds is 2. The molecule has 1 aromatic carbocycles. The Morgan fingerprint density at radius 3 is 3.00 bits per heavy atom. The van der Waals surface area contributed by atoms with Gasteiger partial charge in [-0.15, -0.1) is 0 Å². The third kappa shape index (κ3) is 2.07. The van der Waals surface area contributed by atoms with Gasteiger partial charge in [-0.25, -0.2) is 0 Å². The molecule has 0 saturated carbocycles. The van der Waals surface area contributed by atoms with Crippen molar-refractivity contribution in [3.63, 3.8) is 0 Å². The third-order valence-electron chi connectivity index (χ3n) is 4.14. The van der Waals surface area contributed by atoms with Crippen molar-refractivity contribution < 1.29 is 4.74 Å². The van der Waals surface area contributed by atoms with E-state index in [4.69, 9.17) is 10.5 Å². The van der Waals surface area contributed by atoms with E-state index in [2.05, 4.69) is 24.8 Å². The van der Waals surface area contributed by atoms with Crippen molar-refractivity contribution >= 4 is 11.4 Å². The van der Waals surface area contributed by atoms with Gasteiger partial charge in [-0.05, 0) is 45.2 Å². The van der Waals surface area contributed by atoms with E-state index in [1.165, 1.54) is 17.7 Å². The third-order valence-corrected chi connectivity index (χ3v) is 4.14. The fourth-order valence-electron chi connectivity index (χ4n) is 3.17. The number of anilines is 2. The molecule has 0 aliphatic carbocycles. The van der Waals surface area contributed by atoms with E-state index in [9.17, 15) is 0 Å². The average Bonchev–Trinajstić information content (AvgIpc) is 2.85. The number of nitrogens with zero attached hydrogens (tertiary/aromatic N) is 1. The largest absolute Gasteiger partial charge is 0.398 e. The summed E-state index contributed by atoms with van der Waals surface area (Å²) in [5.41, 5.74) is 9.64. The number of hydrogen-bond donors (Lipinski definition) is 1. The number of fused-ring (bicyclic) bond motifs is 1. The Bertz CT molecular complexity index is 456. The Balaban J connectivity index is 1.72. The van der Waals surface area contributed by atoms with Gasteiger partial charge in [0.25, 0.3) is 0 Å². The van der Waals surface area contributed by atoms with Crippen LogP contribution in [0.15, 0.2) is 18.2 Å². The predicted molar refractivity (Wildman–Crippen MR) is 75.0 cm³/mol. The first-order chi connectivity index (χ1) is 8.55. The number of nitrogens with two attached hydrogens (primary N) is 1. The Morgan fingerprint density at radius 2 is 2.28 bits per heavy atom. The zero-order valence-corrected chi connectivity index (χ0v) is 11.3. The van der Waals surface area contributed by atoms with E-state index in [0.29, 0.717) is 6.10 Å². The molecule has 2 N–H and O–H groups in total. The summed E-state index contributed by atoms with van der Waals surface area (Å²) in [6, 6.07) is 6.22. The van der Waals surface area contributed by atoms with Gasteiger partial charge in [-0.3, -0.25) is 0 Å². The fourth-order valence-corrected chi connectivity index (χ4v) is 3.17. The number of nitrogen functional groups attached to an aromatic ring is 1. The molecule has 0 spiro atoms. The van der Waals surface area contributed by atoms with Crippen LogP contribution < -0.4 is 10.6 Å². The van der Waals surface area contributed by atoms with Crippen LogP contribution in [0.25, 0.3) is 0 Å². The quantitative estimate of drug-likeness (QED) is 0.815. The highest BCUT2D eigenvalue weighted by molar-refractivity contribution is 5.68. The molecule has 1 atom stereocenters. The molecule has 3 nitrogen and oxygen atoms in total. The number of benzene rings is 1. The molecule has 1 aromatic rings. The molecule has 1 fully saturated rings. The first-order valence-corrected chi connectivity index (χ1v) is 6.85. The lowest BCUT2D eigenvalue weighted by molar-refractivity contribution is -0.0114. The van der Waals surface area contributed by atoms with Crippen LogP contribution in [-0.4, -0.2) is 24.8 Å². The van der Waals surface area contributed by atoms with Crippen molar-refractivity contribution in [1.29, 1.82) is 0 Å². The number of hydrogen-bond acceptors (Lipinski definition) is 3. The van der Waals surface area contributed by atoms with Crippen LogP contribution in [-0.2, 0) is 11.2 Å². The first-order valence-electron chi connectivity index (χ1n) is 6.85. The lowest BCUT2D eigenvalue weighted by atomic mass is 10.1. The molecule has 18 heavy (non-hydrogen) atoms. The summed E-state index contributed by atoms with van der Waals surface area (Å²) in [6.07, 6.45) is 3.77. The molecular formula is C15H22N2O. The second-order valence-corrected chi connectivity index (χ2v) is 6.08. The van der Waals surface area contributed by atoms with Crippen molar-refractivity contribution in [2.45, 2.75) is 44.8 Å². The number of ether oxygens (including phenoxy) is 1. The summed E-state index contributed by atoms with van der Waals surface area (Å²) in [5.74, 6) is 0. The molecule has 98 valence electrons. The van der Waals surface area contributed by atoms with Crippen molar-refractivity contribution in [3.05, 3.63) is 23.8 Å². The molecule has 1 unspecified atom stereocenters. The summed E-state index contributed by atoms with van der Waals surface area (Å²) in [5, 5.41) is 0. The maximum atomic E-state index is 6.08. The minimum Gasteiger partial charge on any atom is -0.398 e.